The summed E-state index contributed by atoms with van der Waals surface area (Å²) in [6.45, 7) is 0. The third-order valence-electron chi connectivity index (χ3n) is 2.88. The van der Waals surface area contributed by atoms with Crippen LogP contribution in [0.15, 0.2) is 54.6 Å². The average Bonchev–Trinajstić information content (AvgIpc) is 2.53. The number of carbonyl (C=O) groups excluding carboxylic acids is 1. The van der Waals surface area contributed by atoms with Crippen molar-refractivity contribution in [2.24, 2.45) is 0 Å². The van der Waals surface area contributed by atoms with Crippen molar-refractivity contribution in [1.29, 1.82) is 0 Å². The van der Waals surface area contributed by atoms with Crippen LogP contribution in [0.3, 0.4) is 0 Å². The van der Waals surface area contributed by atoms with Crippen molar-refractivity contribution in [2.45, 2.75) is 6.36 Å². The normalized spacial score (nSPS) is 11.3. The van der Waals surface area contributed by atoms with Crippen molar-refractivity contribution in [1.82, 2.24) is 0 Å². The largest absolute Gasteiger partial charge is 0.573 e. The van der Waals surface area contributed by atoms with Gasteiger partial charge in [-0.3, -0.25) is 4.79 Å². The smallest absolute Gasteiger partial charge is 0.497 e. The van der Waals surface area contributed by atoms with Crippen LogP contribution >= 0.6 is 0 Å². The Hall–Kier alpha value is -2.96. The van der Waals surface area contributed by atoms with Crippen LogP contribution < -0.4 is 14.8 Å². The van der Waals surface area contributed by atoms with E-state index < -0.39 is 6.36 Å². The number of hydrogen-bond donors (Lipinski definition) is 1. The van der Waals surface area contributed by atoms with Gasteiger partial charge in [0.15, 0.2) is 0 Å². The number of ether oxygens (including phenoxy) is 2. The van der Waals surface area contributed by atoms with Crippen molar-refractivity contribution in [3.8, 4) is 11.5 Å². The summed E-state index contributed by atoms with van der Waals surface area (Å²) in [6.07, 6.45) is -1.97. The van der Waals surface area contributed by atoms with E-state index in [1.807, 2.05) is 0 Å². The Labute approximate surface area is 136 Å². The number of rotatable bonds is 5. The fourth-order valence-electron chi connectivity index (χ4n) is 1.84. The predicted molar refractivity (Wildman–Crippen MR) is 83.8 cm³/mol. The number of carbonyl (C=O) groups is 1. The van der Waals surface area contributed by atoms with Crippen LogP contribution in [0.2, 0.25) is 0 Å². The number of benzene rings is 2. The Morgan fingerprint density at radius 1 is 1.08 bits per heavy atom. The lowest BCUT2D eigenvalue weighted by Gasteiger charge is -2.08. The average molecular weight is 337 g/mol. The minimum atomic E-state index is -4.73. The molecule has 4 nitrogen and oxygen atoms in total. The van der Waals surface area contributed by atoms with E-state index in [2.05, 4.69) is 10.1 Å². The minimum absolute atomic E-state index is 0.319. The second kappa shape index (κ2) is 7.54. The van der Waals surface area contributed by atoms with Gasteiger partial charge in [0.2, 0.25) is 5.91 Å². The van der Waals surface area contributed by atoms with Gasteiger partial charge in [0, 0.05) is 17.8 Å². The van der Waals surface area contributed by atoms with Gasteiger partial charge < -0.3 is 14.8 Å². The number of anilines is 1. The molecule has 0 bridgehead atoms. The molecule has 0 atom stereocenters. The maximum Gasteiger partial charge on any atom is 0.573 e. The van der Waals surface area contributed by atoms with Gasteiger partial charge in [0.1, 0.15) is 11.5 Å². The van der Waals surface area contributed by atoms with E-state index in [1.54, 1.807) is 24.3 Å². The van der Waals surface area contributed by atoms with E-state index in [9.17, 15) is 18.0 Å². The number of hydrogen-bond acceptors (Lipinski definition) is 3. The summed E-state index contributed by atoms with van der Waals surface area (Å²) in [5.41, 5.74) is 1.13. The summed E-state index contributed by atoms with van der Waals surface area (Å²) < 4.78 is 45.0. The van der Waals surface area contributed by atoms with E-state index in [0.717, 1.165) is 0 Å². The lowest BCUT2D eigenvalue weighted by atomic mass is 10.2. The number of halogens is 3. The molecule has 24 heavy (non-hydrogen) atoms. The zero-order chi connectivity index (χ0) is 17.6. The molecule has 1 N–H and O–H groups in total. The monoisotopic (exact) mass is 337 g/mol. The highest BCUT2D eigenvalue weighted by atomic mass is 19.4. The zero-order valence-electron chi connectivity index (χ0n) is 12.6. The van der Waals surface area contributed by atoms with Crippen LogP contribution in [0.4, 0.5) is 18.9 Å². The molecule has 0 fully saturated rings. The standard InChI is InChI=1S/C17H14F3NO3/c1-23-15-4-2-3-13(11-15)21-16(22)10-7-12-5-8-14(9-6-12)24-17(18,19)20/h2-11H,1H3,(H,21,22)/b10-7+. The summed E-state index contributed by atoms with van der Waals surface area (Å²) in [4.78, 5) is 11.8. The first-order chi connectivity index (χ1) is 11.4. The molecule has 0 aliphatic heterocycles. The number of methoxy groups -OCH3 is 1. The first-order valence-electron chi connectivity index (χ1n) is 6.85. The van der Waals surface area contributed by atoms with Crippen LogP contribution in [0, 0.1) is 0 Å². The molecule has 126 valence electrons. The summed E-state index contributed by atoms with van der Waals surface area (Å²) >= 11 is 0. The Bertz CT molecular complexity index is 725. The van der Waals surface area contributed by atoms with Crippen molar-refractivity contribution in [3.63, 3.8) is 0 Å². The molecule has 1 amide bonds. The molecule has 2 aromatic carbocycles. The molecule has 0 saturated carbocycles. The van der Waals surface area contributed by atoms with E-state index >= 15 is 0 Å². The summed E-state index contributed by atoms with van der Waals surface area (Å²) in [6, 6.07) is 12.0. The van der Waals surface area contributed by atoms with Crippen LogP contribution in [-0.4, -0.2) is 19.4 Å². The van der Waals surface area contributed by atoms with Gasteiger partial charge in [-0.2, -0.15) is 0 Å². The first kappa shape index (κ1) is 17.4. The van der Waals surface area contributed by atoms with Crippen molar-refractivity contribution >= 4 is 17.7 Å². The lowest BCUT2D eigenvalue weighted by molar-refractivity contribution is -0.274. The summed E-state index contributed by atoms with van der Waals surface area (Å²) in [7, 11) is 1.52. The van der Waals surface area contributed by atoms with Gasteiger partial charge in [-0.05, 0) is 35.9 Å². The second-order valence-electron chi connectivity index (χ2n) is 4.67. The van der Waals surface area contributed by atoms with Gasteiger partial charge >= 0.3 is 6.36 Å². The Balaban J connectivity index is 1.95. The minimum Gasteiger partial charge on any atom is -0.497 e. The van der Waals surface area contributed by atoms with Crippen molar-refractivity contribution in [2.75, 3.05) is 12.4 Å². The topological polar surface area (TPSA) is 47.6 Å². The van der Waals surface area contributed by atoms with Gasteiger partial charge in [-0.15, -0.1) is 13.2 Å². The Morgan fingerprint density at radius 2 is 1.79 bits per heavy atom. The molecule has 2 rings (SSSR count). The molecular formula is C17H14F3NO3. The quantitative estimate of drug-likeness (QED) is 0.830. The Morgan fingerprint density at radius 3 is 2.42 bits per heavy atom. The fraction of sp³-hybridized carbons (Fsp3) is 0.118. The SMILES string of the molecule is COc1cccc(NC(=O)/C=C/c2ccc(OC(F)(F)F)cc2)c1. The third kappa shape index (κ3) is 5.68. The summed E-state index contributed by atoms with van der Waals surface area (Å²) in [5.74, 6) is -0.0867. The molecule has 0 saturated heterocycles. The van der Waals surface area contributed by atoms with Crippen LogP contribution in [-0.2, 0) is 4.79 Å². The van der Waals surface area contributed by atoms with Crippen LogP contribution in [0.1, 0.15) is 5.56 Å². The number of amides is 1. The van der Waals surface area contributed by atoms with Gasteiger partial charge in [-0.1, -0.05) is 18.2 Å². The third-order valence-corrected chi connectivity index (χ3v) is 2.88. The maximum atomic E-state index is 12.1. The number of alkyl halides is 3. The van der Waals surface area contributed by atoms with E-state index in [4.69, 9.17) is 4.74 Å². The van der Waals surface area contributed by atoms with Crippen LogP contribution in [0.25, 0.3) is 6.08 Å². The molecule has 0 aliphatic carbocycles. The molecule has 0 aliphatic rings. The van der Waals surface area contributed by atoms with Crippen molar-refractivity contribution in [3.05, 3.63) is 60.2 Å². The lowest BCUT2D eigenvalue weighted by Crippen LogP contribution is -2.16. The highest BCUT2D eigenvalue weighted by molar-refractivity contribution is 6.02. The first-order valence-corrected chi connectivity index (χ1v) is 6.85. The molecule has 0 radical (unpaired) electrons. The highest BCUT2D eigenvalue weighted by Gasteiger charge is 2.30. The molecule has 7 heteroatoms. The molecule has 0 heterocycles. The fourth-order valence-corrected chi connectivity index (χ4v) is 1.84. The maximum absolute atomic E-state index is 12.1. The molecule has 0 aromatic heterocycles. The van der Waals surface area contributed by atoms with E-state index in [1.165, 1.54) is 43.5 Å². The van der Waals surface area contributed by atoms with Crippen molar-refractivity contribution < 1.29 is 27.4 Å². The highest BCUT2D eigenvalue weighted by Crippen LogP contribution is 2.23. The molecule has 2 aromatic rings. The molecule has 0 spiro atoms. The van der Waals surface area contributed by atoms with Crippen LogP contribution in [0.5, 0.6) is 11.5 Å². The summed E-state index contributed by atoms with van der Waals surface area (Å²) in [5, 5.41) is 2.65. The zero-order valence-corrected chi connectivity index (χ0v) is 12.6. The van der Waals surface area contributed by atoms with Gasteiger partial charge in [0.25, 0.3) is 0 Å². The van der Waals surface area contributed by atoms with Gasteiger partial charge in [0.05, 0.1) is 7.11 Å². The van der Waals surface area contributed by atoms with E-state index in [-0.39, 0.29) is 11.7 Å². The number of nitrogens with one attached hydrogen (secondary N) is 1. The van der Waals surface area contributed by atoms with E-state index in [0.29, 0.717) is 17.0 Å². The molecular weight excluding hydrogens is 323 g/mol. The van der Waals surface area contributed by atoms with Gasteiger partial charge in [-0.25, -0.2) is 0 Å². The Kier molecular flexibility index (Phi) is 5.47. The molecule has 0 unspecified atom stereocenters. The predicted octanol–water partition coefficient (Wildman–Crippen LogP) is 4.25. The second-order valence-corrected chi connectivity index (χ2v) is 4.67.